The number of hydrogen-bond acceptors (Lipinski definition) is 5. The van der Waals surface area contributed by atoms with E-state index in [1.165, 1.54) is 47.2 Å². The minimum atomic E-state index is -4.73. The van der Waals surface area contributed by atoms with Gasteiger partial charge in [-0.3, -0.25) is 5.41 Å². The molecule has 3 aromatic carbocycles. The van der Waals surface area contributed by atoms with Gasteiger partial charge in [0, 0.05) is 23.7 Å². The Morgan fingerprint density at radius 2 is 1.56 bits per heavy atom. The minimum Gasteiger partial charge on any atom is -0.406 e. The van der Waals surface area contributed by atoms with Crippen molar-refractivity contribution in [2.75, 3.05) is 4.31 Å². The summed E-state index contributed by atoms with van der Waals surface area (Å²) in [5, 5.41) is 14.3. The molecule has 1 fully saturated rings. The molecule has 1 saturated heterocycles. The second kappa shape index (κ2) is 11.4. The number of alkyl halides is 3. The average Bonchev–Trinajstić information content (AvgIpc) is 3.55. The summed E-state index contributed by atoms with van der Waals surface area (Å²) < 4.78 is 66.9. The molecule has 4 N–H and O–H groups in total. The summed E-state index contributed by atoms with van der Waals surface area (Å²) in [6.07, 6.45) is -2.30. The standard InChI is InChI=1S/C16H13F3N4O.C7H4F2N2S/c17-16(18,19)24-14-7-5-13(6-8-14)22-10-23-15(21)12-3-1-11(9-20)2-4-12;8-4-2-1-3-5(9)6(4)11-7(10)12-11/h1-10,20H,(H2,21,22,23);1-3,10H. The van der Waals surface area contributed by atoms with Crippen LogP contribution in [-0.4, -0.2) is 29.9 Å². The number of nitrogens with one attached hydrogen (secondary N) is 2. The average molecular weight is 520 g/mol. The summed E-state index contributed by atoms with van der Waals surface area (Å²) >= 11 is 1.01. The first kappa shape index (κ1) is 26.3. The summed E-state index contributed by atoms with van der Waals surface area (Å²) in [7, 11) is 0. The first-order valence-corrected chi connectivity index (χ1v) is 10.7. The summed E-state index contributed by atoms with van der Waals surface area (Å²) in [4.78, 5) is 7.94. The lowest BCUT2D eigenvalue weighted by Gasteiger charge is -2.08. The Hall–Kier alpha value is -4.26. The number of ether oxygens (including phenoxy) is 1. The maximum absolute atomic E-state index is 12.9. The van der Waals surface area contributed by atoms with Gasteiger partial charge in [0.2, 0.25) is 0 Å². The van der Waals surface area contributed by atoms with Crippen molar-refractivity contribution in [2.45, 2.75) is 6.36 Å². The van der Waals surface area contributed by atoms with E-state index in [1.54, 1.807) is 24.3 Å². The topological polar surface area (TPSA) is 111 Å². The third kappa shape index (κ3) is 7.63. The van der Waals surface area contributed by atoms with Gasteiger partial charge < -0.3 is 15.9 Å². The first-order chi connectivity index (χ1) is 17.1. The molecule has 0 unspecified atom stereocenters. The highest BCUT2D eigenvalue weighted by molar-refractivity contribution is 8.26. The number of hydrogen-bond donors (Lipinski definition) is 3. The van der Waals surface area contributed by atoms with E-state index in [4.69, 9.17) is 16.6 Å². The summed E-state index contributed by atoms with van der Waals surface area (Å²) in [5.74, 6) is -1.36. The summed E-state index contributed by atoms with van der Waals surface area (Å²) in [6, 6.07) is 15.6. The van der Waals surface area contributed by atoms with E-state index in [-0.39, 0.29) is 22.4 Å². The Labute approximate surface area is 206 Å². The van der Waals surface area contributed by atoms with E-state index < -0.39 is 18.0 Å². The Morgan fingerprint density at radius 1 is 0.972 bits per heavy atom. The smallest absolute Gasteiger partial charge is 0.406 e. The van der Waals surface area contributed by atoms with E-state index in [1.807, 2.05) is 0 Å². The first-order valence-electron chi connectivity index (χ1n) is 9.90. The highest BCUT2D eigenvalue weighted by Gasteiger charge is 2.34. The lowest BCUT2D eigenvalue weighted by Crippen LogP contribution is -2.16. The van der Waals surface area contributed by atoms with Crippen LogP contribution in [0.2, 0.25) is 0 Å². The Kier molecular flexibility index (Phi) is 8.38. The van der Waals surface area contributed by atoms with E-state index >= 15 is 0 Å². The van der Waals surface area contributed by atoms with E-state index in [2.05, 4.69) is 14.7 Å². The fraction of sp³-hybridized carbons (Fsp3) is 0.0435. The van der Waals surface area contributed by atoms with Crippen molar-refractivity contribution >= 4 is 46.9 Å². The third-order valence-electron chi connectivity index (χ3n) is 4.32. The molecule has 7 nitrogen and oxygen atoms in total. The maximum Gasteiger partial charge on any atom is 0.573 e. The Balaban J connectivity index is 0.000000249. The molecule has 3 aromatic rings. The fourth-order valence-corrected chi connectivity index (χ4v) is 3.10. The van der Waals surface area contributed by atoms with Crippen molar-refractivity contribution in [2.24, 2.45) is 15.7 Å². The Bertz CT molecular complexity index is 1270. The molecule has 0 spiro atoms. The quantitative estimate of drug-likeness (QED) is 0.121. The summed E-state index contributed by atoms with van der Waals surface area (Å²) in [6.45, 7) is 0. The van der Waals surface area contributed by atoms with Crippen LogP contribution in [0.3, 0.4) is 0 Å². The van der Waals surface area contributed by atoms with Gasteiger partial charge in [-0.05, 0) is 42.0 Å². The van der Waals surface area contributed by atoms with Crippen LogP contribution in [0, 0.1) is 22.5 Å². The molecule has 0 bridgehead atoms. The molecule has 1 aliphatic rings. The number of halogens is 5. The fourth-order valence-electron chi connectivity index (χ4n) is 2.61. The van der Waals surface area contributed by atoms with Gasteiger partial charge >= 0.3 is 6.36 Å². The molecule has 0 amide bonds. The zero-order chi connectivity index (χ0) is 26.3. The molecule has 0 radical (unpaired) electrons. The van der Waals surface area contributed by atoms with Gasteiger partial charge in [0.05, 0.1) is 5.69 Å². The molecule has 0 atom stereocenters. The highest BCUT2D eigenvalue weighted by Crippen LogP contribution is 2.40. The second-order valence-corrected chi connectivity index (χ2v) is 7.76. The molecule has 1 heterocycles. The van der Waals surface area contributed by atoms with Crippen LogP contribution < -0.4 is 14.8 Å². The molecule has 0 aromatic heterocycles. The van der Waals surface area contributed by atoms with Crippen molar-refractivity contribution in [3.05, 3.63) is 89.5 Å². The molecule has 0 aliphatic carbocycles. The van der Waals surface area contributed by atoms with Crippen LogP contribution in [0.1, 0.15) is 11.1 Å². The number of aliphatic imine (C=N–C) groups is 2. The van der Waals surface area contributed by atoms with Crippen molar-refractivity contribution in [3.8, 4) is 5.75 Å². The van der Waals surface area contributed by atoms with Gasteiger partial charge in [0.25, 0.3) is 0 Å². The monoisotopic (exact) mass is 520 g/mol. The molecular formula is C23H17F5N6OS. The lowest BCUT2D eigenvalue weighted by molar-refractivity contribution is -0.274. The highest BCUT2D eigenvalue weighted by atomic mass is 32.2. The number of nitrogens with two attached hydrogens (primary N) is 1. The number of para-hydroxylation sites is 1. The van der Waals surface area contributed by atoms with Crippen molar-refractivity contribution < 1.29 is 26.7 Å². The van der Waals surface area contributed by atoms with E-state index in [0.717, 1.165) is 29.6 Å². The van der Waals surface area contributed by atoms with Crippen LogP contribution in [0.5, 0.6) is 5.75 Å². The second-order valence-electron chi connectivity index (χ2n) is 6.83. The van der Waals surface area contributed by atoms with Crippen LogP contribution >= 0.6 is 11.9 Å². The zero-order valence-electron chi connectivity index (χ0n) is 18.1. The van der Waals surface area contributed by atoms with Gasteiger partial charge in [0.15, 0.2) is 16.8 Å². The summed E-state index contributed by atoms with van der Waals surface area (Å²) in [5.41, 5.74) is 7.46. The largest absolute Gasteiger partial charge is 0.573 e. The van der Waals surface area contributed by atoms with Crippen LogP contribution in [0.25, 0.3) is 0 Å². The normalized spacial score (nSPS) is 13.3. The van der Waals surface area contributed by atoms with Gasteiger partial charge in [0.1, 0.15) is 23.6 Å². The number of benzene rings is 3. The molecule has 1 aliphatic heterocycles. The zero-order valence-corrected chi connectivity index (χ0v) is 18.9. The molecule has 36 heavy (non-hydrogen) atoms. The number of amidine groups is 2. The van der Waals surface area contributed by atoms with Gasteiger partial charge in [-0.1, -0.05) is 30.3 Å². The van der Waals surface area contributed by atoms with Crippen molar-refractivity contribution in [3.63, 3.8) is 0 Å². The van der Waals surface area contributed by atoms with E-state index in [0.29, 0.717) is 11.3 Å². The van der Waals surface area contributed by atoms with Gasteiger partial charge in [-0.25, -0.2) is 23.1 Å². The van der Waals surface area contributed by atoms with Gasteiger partial charge in [-0.15, -0.1) is 13.2 Å². The molecular weight excluding hydrogens is 503 g/mol. The number of nitrogens with zero attached hydrogens (tertiary/aromatic N) is 3. The van der Waals surface area contributed by atoms with Crippen LogP contribution in [0.15, 0.2) is 76.7 Å². The van der Waals surface area contributed by atoms with Crippen molar-refractivity contribution in [1.29, 1.82) is 10.8 Å². The maximum atomic E-state index is 12.9. The third-order valence-corrected chi connectivity index (χ3v) is 5.05. The predicted octanol–water partition coefficient (Wildman–Crippen LogP) is 6.02. The van der Waals surface area contributed by atoms with E-state index in [9.17, 15) is 22.0 Å². The Morgan fingerprint density at radius 3 is 2.06 bits per heavy atom. The molecule has 13 heteroatoms. The predicted molar refractivity (Wildman–Crippen MR) is 130 cm³/mol. The molecule has 0 saturated carbocycles. The number of rotatable bonds is 6. The van der Waals surface area contributed by atoms with Crippen molar-refractivity contribution in [1.82, 2.24) is 0 Å². The van der Waals surface area contributed by atoms with Crippen LogP contribution in [-0.2, 0) is 0 Å². The van der Waals surface area contributed by atoms with Crippen LogP contribution in [0.4, 0.5) is 33.3 Å². The lowest BCUT2D eigenvalue weighted by atomic mass is 10.1. The molecule has 4 rings (SSSR count). The number of anilines is 1. The molecule has 186 valence electrons. The SMILES string of the molecule is N=C1SN1c1c(F)cccc1F.N=Cc1ccc(C(N)=NC=Nc2ccc(OC(F)(F)F)cc2)cc1. The van der Waals surface area contributed by atoms with Gasteiger partial charge in [-0.2, -0.15) is 0 Å². The minimum absolute atomic E-state index is 0.146.